The molecule has 1 aliphatic carbocycles. The molecule has 2 bridgehead atoms. The molecular formula is C62H78FN13O6. The predicted molar refractivity (Wildman–Crippen MR) is 309 cm³/mol. The summed E-state index contributed by atoms with van der Waals surface area (Å²) in [5.74, 6) is -0.423. The molecular weight excluding hydrogens is 1040 g/mol. The Morgan fingerprint density at radius 3 is 2.50 bits per heavy atom. The maximum atomic E-state index is 14.8. The van der Waals surface area contributed by atoms with Crippen molar-refractivity contribution in [1.82, 2.24) is 50.8 Å². The van der Waals surface area contributed by atoms with Crippen LogP contribution >= 0.6 is 0 Å². The maximum Gasteiger partial charge on any atom is 0.254 e. The molecule has 1 fully saturated rings. The Morgan fingerprint density at radius 1 is 0.939 bits per heavy atom. The SMILES string of the molecule is CN[C@@H](C)C(=O)N[C@H](C(=O)N1Cc2cc(OCCCCCCCCC(=O)NCCn3nc4c(c3C#N)-c3cnc(N)c(n3)N3CCC[C@@H]3c3cc(F)ccc3C(=O)N(C)C4)ccc2C[C@H]1C(=O)N[C@@H]1CCCc2ccccc21)C(C)(C)C. The Labute approximate surface area is 479 Å². The molecule has 19 nitrogen and oxygen atoms in total. The van der Waals surface area contributed by atoms with E-state index < -0.39 is 29.4 Å². The number of anilines is 2. The predicted octanol–water partition coefficient (Wildman–Crippen LogP) is 7.37. The van der Waals surface area contributed by atoms with Gasteiger partial charge in [-0.15, -0.1) is 0 Å². The molecule has 0 radical (unpaired) electrons. The summed E-state index contributed by atoms with van der Waals surface area (Å²) in [6.45, 7) is 9.20. The first-order valence-corrected chi connectivity index (χ1v) is 29.1. The number of ether oxygens (including phenoxy) is 1. The van der Waals surface area contributed by atoms with Gasteiger partial charge in [-0.25, -0.2) is 14.4 Å². The van der Waals surface area contributed by atoms with E-state index in [9.17, 15) is 33.6 Å². The minimum Gasteiger partial charge on any atom is -0.494 e. The monoisotopic (exact) mass is 1120 g/mol. The van der Waals surface area contributed by atoms with Crippen molar-refractivity contribution in [3.63, 3.8) is 0 Å². The Hall–Kier alpha value is -7.92. The molecule has 82 heavy (non-hydrogen) atoms. The lowest BCUT2D eigenvalue weighted by molar-refractivity contribution is -0.147. The number of halogens is 1. The fraction of sp³-hybridized carbons (Fsp3) is 0.500. The summed E-state index contributed by atoms with van der Waals surface area (Å²) in [5.41, 5.74) is 12.3. The Morgan fingerprint density at radius 2 is 1.72 bits per heavy atom. The molecule has 2 aromatic heterocycles. The normalized spacial score (nSPS) is 18.2. The Bertz CT molecular complexity index is 3220. The number of aryl methyl sites for hydroxylation is 1. The highest BCUT2D eigenvalue weighted by molar-refractivity contribution is 5.96. The zero-order valence-corrected chi connectivity index (χ0v) is 48.2. The second-order valence-electron chi connectivity index (χ2n) is 23.4. The number of carbonyl (C=O) groups is 5. The molecule has 3 aliphatic heterocycles. The van der Waals surface area contributed by atoms with E-state index in [0.29, 0.717) is 72.1 Å². The van der Waals surface area contributed by atoms with E-state index in [2.05, 4.69) is 44.5 Å². The van der Waals surface area contributed by atoms with Crippen molar-refractivity contribution in [2.24, 2.45) is 5.41 Å². The molecule has 0 saturated carbocycles. The molecule has 5 amide bonds. The largest absolute Gasteiger partial charge is 0.494 e. The summed E-state index contributed by atoms with van der Waals surface area (Å²) >= 11 is 0. The van der Waals surface area contributed by atoms with Gasteiger partial charge < -0.3 is 46.4 Å². The highest BCUT2D eigenvalue weighted by Gasteiger charge is 2.43. The van der Waals surface area contributed by atoms with E-state index in [0.717, 1.165) is 80.9 Å². The molecule has 3 aromatic carbocycles. The second-order valence-corrected chi connectivity index (χ2v) is 23.4. The van der Waals surface area contributed by atoms with Crippen LogP contribution in [0.1, 0.15) is 160 Å². The van der Waals surface area contributed by atoms with Gasteiger partial charge in [0.05, 0.1) is 61.0 Å². The van der Waals surface area contributed by atoms with Crippen LogP contribution in [0.15, 0.2) is 66.9 Å². The molecule has 9 rings (SSSR count). The number of likely N-dealkylation sites (N-methyl/N-ethyl adjacent to an activating group) is 1. The van der Waals surface area contributed by atoms with Crippen LogP contribution in [0.5, 0.6) is 5.75 Å². The summed E-state index contributed by atoms with van der Waals surface area (Å²) in [6.07, 6.45) is 11.7. The molecule has 4 aliphatic rings. The molecule has 6 N–H and O–H groups in total. The first-order valence-electron chi connectivity index (χ1n) is 29.1. The van der Waals surface area contributed by atoms with Crippen LogP contribution < -0.4 is 36.6 Å². The number of hydrogen-bond donors (Lipinski definition) is 5. The number of carbonyl (C=O) groups excluding carboxylic acids is 5. The highest BCUT2D eigenvalue weighted by atomic mass is 19.1. The van der Waals surface area contributed by atoms with Crippen LogP contribution in [-0.2, 0) is 51.7 Å². The summed E-state index contributed by atoms with van der Waals surface area (Å²) in [5, 5.41) is 27.6. The van der Waals surface area contributed by atoms with Gasteiger partial charge in [0.15, 0.2) is 11.6 Å². The number of nitrogens with zero attached hydrogens (tertiary/aromatic N) is 8. The number of fused-ring (bicyclic) bond motifs is 10. The van der Waals surface area contributed by atoms with E-state index >= 15 is 0 Å². The van der Waals surface area contributed by atoms with Gasteiger partial charge in [0.1, 0.15) is 35.4 Å². The lowest BCUT2D eigenvalue weighted by atomic mass is 9.83. The lowest BCUT2D eigenvalue weighted by Gasteiger charge is -2.41. The summed E-state index contributed by atoms with van der Waals surface area (Å²) in [6, 6.07) is 17.9. The van der Waals surface area contributed by atoms with Gasteiger partial charge in [-0.3, -0.25) is 28.7 Å². The Balaban J connectivity index is 0.751. The number of nitrogens with one attached hydrogen (secondary N) is 4. The first-order chi connectivity index (χ1) is 39.4. The average Bonchev–Trinajstić information content (AvgIpc) is 4.27. The number of nitriles is 1. The summed E-state index contributed by atoms with van der Waals surface area (Å²) in [4.78, 5) is 84.0. The van der Waals surface area contributed by atoms with Crippen LogP contribution in [0.3, 0.4) is 0 Å². The topological polar surface area (TPSA) is 246 Å². The molecule has 5 heterocycles. The lowest BCUT2D eigenvalue weighted by Crippen LogP contribution is -2.62. The number of aromatic nitrogens is 4. The fourth-order valence-electron chi connectivity index (χ4n) is 11.9. The number of rotatable bonds is 19. The van der Waals surface area contributed by atoms with E-state index in [-0.39, 0.29) is 79.3 Å². The molecule has 0 spiro atoms. The maximum absolute atomic E-state index is 14.8. The number of benzene rings is 3. The van der Waals surface area contributed by atoms with E-state index in [4.69, 9.17) is 20.6 Å². The number of unbranched alkanes of at least 4 members (excludes halogenated alkanes) is 5. The number of amides is 5. The van der Waals surface area contributed by atoms with Crippen molar-refractivity contribution in [2.45, 2.75) is 161 Å². The minimum atomic E-state index is -0.882. The van der Waals surface area contributed by atoms with E-state index in [1.807, 2.05) is 56.0 Å². The molecule has 434 valence electrons. The average molecular weight is 1120 g/mol. The van der Waals surface area contributed by atoms with Gasteiger partial charge in [-0.05, 0) is 122 Å². The Kier molecular flexibility index (Phi) is 18.5. The standard InChI is InChI=1S/C62H78FN13O6/c1-38(66-5)58(78)71-55(62(2,3)4)61(81)75-36-41-31-43(25-23-40(41)32-51(75)59(79)70-47-20-15-18-39-17-12-13-19-44(39)47)82-30-14-10-8-7-9-11-22-53(77)67-27-29-76-52(34-64)54-48-35-68-56(65)57(69-48)74-28-16-21-50(74)46-33-42(63)24-26-45(46)60(80)73(6)37-49(54)72-76/h12-13,17,19,23-26,31,33,35,38,47,50-51,55,66H,7-11,14-16,18,20-22,27-30,32,36-37H2,1-6H3,(H2,65,68)(H,67,77)(H,70,79)(H,71,78)/t38-,47+,50+,51-,55+/m0/s1. The third-order valence-electron chi connectivity index (χ3n) is 16.5. The van der Waals surface area contributed by atoms with E-state index in [1.165, 1.54) is 39.5 Å². The zero-order chi connectivity index (χ0) is 58.2. The van der Waals surface area contributed by atoms with Crippen LogP contribution in [0.25, 0.3) is 11.3 Å². The molecule has 20 heteroatoms. The van der Waals surface area contributed by atoms with Gasteiger partial charge in [0.25, 0.3) is 5.91 Å². The van der Waals surface area contributed by atoms with Gasteiger partial charge >= 0.3 is 0 Å². The number of hydrogen-bond acceptors (Lipinski definition) is 13. The first kappa shape index (κ1) is 58.7. The van der Waals surface area contributed by atoms with E-state index in [1.54, 1.807) is 25.9 Å². The van der Waals surface area contributed by atoms with Crippen LogP contribution in [-0.4, -0.2) is 111 Å². The van der Waals surface area contributed by atoms with Gasteiger partial charge in [0.2, 0.25) is 23.6 Å². The van der Waals surface area contributed by atoms with Crippen molar-refractivity contribution in [2.75, 3.05) is 44.4 Å². The van der Waals surface area contributed by atoms with Crippen LogP contribution in [0, 0.1) is 22.6 Å². The van der Waals surface area contributed by atoms with Crippen molar-refractivity contribution in [1.29, 1.82) is 5.26 Å². The third kappa shape index (κ3) is 13.2. The van der Waals surface area contributed by atoms with Crippen LogP contribution in [0.4, 0.5) is 16.0 Å². The molecule has 0 unspecified atom stereocenters. The van der Waals surface area contributed by atoms with Crippen LogP contribution in [0.2, 0.25) is 0 Å². The summed E-state index contributed by atoms with van der Waals surface area (Å²) < 4.78 is 22.5. The van der Waals surface area contributed by atoms with Crippen molar-refractivity contribution < 1.29 is 33.1 Å². The van der Waals surface area contributed by atoms with Gasteiger partial charge in [-0.1, -0.05) is 76.8 Å². The molecule has 5 atom stereocenters. The molecule has 1 saturated heterocycles. The van der Waals surface area contributed by atoms with Crippen molar-refractivity contribution >= 4 is 41.2 Å². The second kappa shape index (κ2) is 25.9. The number of nitrogen functional groups attached to an aromatic ring is 1. The quantitative estimate of drug-likeness (QED) is 0.0508. The smallest absolute Gasteiger partial charge is 0.254 e. The molecule has 5 aromatic rings. The number of nitrogens with two attached hydrogens (primary N) is 1. The zero-order valence-electron chi connectivity index (χ0n) is 48.2. The van der Waals surface area contributed by atoms with Gasteiger partial charge in [0, 0.05) is 45.1 Å². The van der Waals surface area contributed by atoms with Gasteiger partial charge in [-0.2, -0.15) is 10.4 Å². The third-order valence-corrected chi connectivity index (χ3v) is 16.5. The van der Waals surface area contributed by atoms with Crippen molar-refractivity contribution in [3.05, 3.63) is 117 Å². The highest BCUT2D eigenvalue weighted by Crippen LogP contribution is 2.41. The summed E-state index contributed by atoms with van der Waals surface area (Å²) in [7, 11) is 3.34. The minimum absolute atomic E-state index is 0.0289. The fourth-order valence-corrected chi connectivity index (χ4v) is 11.9. The van der Waals surface area contributed by atoms with Crippen molar-refractivity contribution in [3.8, 4) is 23.1 Å².